The molecule has 0 aromatic carbocycles. The van der Waals surface area contributed by atoms with Gasteiger partial charge in [-0.15, -0.1) is 0 Å². The van der Waals surface area contributed by atoms with Crippen molar-refractivity contribution in [3.8, 4) is 0 Å². The fraction of sp³-hybridized carbons (Fsp3) is 0.750. The van der Waals surface area contributed by atoms with E-state index in [1.807, 2.05) is 0 Å². The predicted octanol–water partition coefficient (Wildman–Crippen LogP) is 2.21. The summed E-state index contributed by atoms with van der Waals surface area (Å²) in [5.41, 5.74) is -1.25. The second-order valence-electron chi connectivity index (χ2n) is 4.07. The SMILES string of the molecule is CCC(CC)(C(=O)O)C(=O)CCCC(C)=O. The van der Waals surface area contributed by atoms with E-state index in [1.165, 1.54) is 6.92 Å². The van der Waals surface area contributed by atoms with E-state index in [4.69, 9.17) is 5.11 Å². The Morgan fingerprint density at radius 2 is 1.56 bits per heavy atom. The van der Waals surface area contributed by atoms with E-state index >= 15 is 0 Å². The second kappa shape index (κ2) is 6.40. The lowest BCUT2D eigenvalue weighted by atomic mass is 9.76. The molecule has 0 saturated heterocycles. The summed E-state index contributed by atoms with van der Waals surface area (Å²) < 4.78 is 0. The van der Waals surface area contributed by atoms with Gasteiger partial charge in [0.05, 0.1) is 0 Å². The first-order valence-electron chi connectivity index (χ1n) is 5.66. The Morgan fingerprint density at radius 1 is 1.06 bits per heavy atom. The average molecular weight is 228 g/mol. The van der Waals surface area contributed by atoms with Gasteiger partial charge in [0.25, 0.3) is 0 Å². The predicted molar refractivity (Wildman–Crippen MR) is 60.2 cm³/mol. The Kier molecular flexibility index (Phi) is 5.93. The Hall–Kier alpha value is -1.19. The third-order valence-corrected chi connectivity index (χ3v) is 3.08. The Balaban J connectivity index is 4.51. The van der Waals surface area contributed by atoms with Crippen molar-refractivity contribution in [2.24, 2.45) is 5.41 Å². The highest BCUT2D eigenvalue weighted by atomic mass is 16.4. The number of hydrogen-bond donors (Lipinski definition) is 1. The van der Waals surface area contributed by atoms with E-state index in [9.17, 15) is 14.4 Å². The molecule has 0 rings (SSSR count). The smallest absolute Gasteiger partial charge is 0.317 e. The van der Waals surface area contributed by atoms with Gasteiger partial charge in [-0.2, -0.15) is 0 Å². The number of aliphatic carboxylic acids is 1. The van der Waals surface area contributed by atoms with Gasteiger partial charge in [-0.1, -0.05) is 13.8 Å². The summed E-state index contributed by atoms with van der Waals surface area (Å²) in [4.78, 5) is 33.7. The molecule has 0 atom stereocenters. The van der Waals surface area contributed by atoms with Crippen LogP contribution in [0.2, 0.25) is 0 Å². The molecule has 0 amide bonds. The molecule has 0 saturated carbocycles. The quantitative estimate of drug-likeness (QED) is 0.646. The van der Waals surface area contributed by atoms with Crippen LogP contribution in [0.15, 0.2) is 0 Å². The van der Waals surface area contributed by atoms with Gasteiger partial charge in [0, 0.05) is 12.8 Å². The molecular formula is C12H20O4. The first kappa shape index (κ1) is 14.8. The van der Waals surface area contributed by atoms with E-state index in [0.717, 1.165) is 0 Å². The number of hydrogen-bond acceptors (Lipinski definition) is 3. The summed E-state index contributed by atoms with van der Waals surface area (Å²) in [6.45, 7) is 4.88. The molecule has 0 aromatic heterocycles. The number of carbonyl (C=O) groups is 3. The molecule has 4 nitrogen and oxygen atoms in total. The van der Waals surface area contributed by atoms with Crippen molar-refractivity contribution in [2.45, 2.75) is 52.9 Å². The standard InChI is InChI=1S/C12H20O4/c1-4-12(5-2,11(15)16)10(14)8-6-7-9(3)13/h4-8H2,1-3H3,(H,15,16). The van der Waals surface area contributed by atoms with Gasteiger partial charge in [0.15, 0.2) is 0 Å². The zero-order valence-corrected chi connectivity index (χ0v) is 10.2. The Morgan fingerprint density at radius 3 is 1.88 bits per heavy atom. The number of carboxylic acid groups (broad SMARTS) is 1. The topological polar surface area (TPSA) is 71.4 Å². The van der Waals surface area contributed by atoms with Crippen molar-refractivity contribution in [1.29, 1.82) is 0 Å². The van der Waals surface area contributed by atoms with Crippen molar-refractivity contribution in [1.82, 2.24) is 0 Å². The van der Waals surface area contributed by atoms with Crippen LogP contribution < -0.4 is 0 Å². The van der Waals surface area contributed by atoms with Crippen molar-refractivity contribution < 1.29 is 19.5 Å². The number of ketones is 2. The zero-order chi connectivity index (χ0) is 12.8. The maximum atomic E-state index is 11.9. The van der Waals surface area contributed by atoms with Crippen LogP contribution in [-0.2, 0) is 14.4 Å². The fourth-order valence-corrected chi connectivity index (χ4v) is 1.80. The van der Waals surface area contributed by atoms with Crippen LogP contribution in [0, 0.1) is 5.41 Å². The van der Waals surface area contributed by atoms with Crippen LogP contribution in [0.1, 0.15) is 52.9 Å². The largest absolute Gasteiger partial charge is 0.480 e. The van der Waals surface area contributed by atoms with E-state index in [2.05, 4.69) is 0 Å². The zero-order valence-electron chi connectivity index (χ0n) is 10.2. The summed E-state index contributed by atoms with van der Waals surface area (Å²) >= 11 is 0. The average Bonchev–Trinajstić information content (AvgIpc) is 2.19. The Labute approximate surface area is 96.0 Å². The van der Waals surface area contributed by atoms with Gasteiger partial charge in [0.2, 0.25) is 0 Å². The fourth-order valence-electron chi connectivity index (χ4n) is 1.80. The number of rotatable bonds is 8. The van der Waals surface area contributed by atoms with E-state index in [-0.39, 0.29) is 18.0 Å². The number of carbonyl (C=O) groups excluding carboxylic acids is 2. The molecule has 1 N–H and O–H groups in total. The molecule has 92 valence electrons. The minimum absolute atomic E-state index is 0.0294. The third-order valence-electron chi connectivity index (χ3n) is 3.08. The third kappa shape index (κ3) is 3.43. The summed E-state index contributed by atoms with van der Waals surface area (Å²) in [5.74, 6) is -1.28. The molecule has 16 heavy (non-hydrogen) atoms. The molecule has 0 aliphatic carbocycles. The van der Waals surface area contributed by atoms with Gasteiger partial charge in [-0.25, -0.2) is 0 Å². The minimum atomic E-state index is -1.25. The first-order chi connectivity index (χ1) is 7.40. The minimum Gasteiger partial charge on any atom is -0.480 e. The van der Waals surface area contributed by atoms with Crippen molar-refractivity contribution in [3.05, 3.63) is 0 Å². The molecule has 0 unspecified atom stereocenters. The van der Waals surface area contributed by atoms with Crippen LogP contribution in [0.5, 0.6) is 0 Å². The highest BCUT2D eigenvalue weighted by molar-refractivity contribution is 6.03. The molecule has 0 heterocycles. The molecule has 0 bridgehead atoms. The van der Waals surface area contributed by atoms with Gasteiger partial charge in [0.1, 0.15) is 17.0 Å². The molecular weight excluding hydrogens is 208 g/mol. The molecule has 0 fully saturated rings. The lowest BCUT2D eigenvalue weighted by Crippen LogP contribution is -2.38. The molecule has 0 aromatic rings. The van der Waals surface area contributed by atoms with Gasteiger partial charge >= 0.3 is 5.97 Å². The lowest BCUT2D eigenvalue weighted by Gasteiger charge is -2.24. The second-order valence-corrected chi connectivity index (χ2v) is 4.07. The van der Waals surface area contributed by atoms with Gasteiger partial charge < -0.3 is 9.90 Å². The normalized spacial score (nSPS) is 11.2. The summed E-state index contributed by atoms with van der Waals surface area (Å²) in [5, 5.41) is 9.11. The highest BCUT2D eigenvalue weighted by Crippen LogP contribution is 2.30. The number of carboxylic acids is 1. The van der Waals surface area contributed by atoms with Crippen LogP contribution in [0.4, 0.5) is 0 Å². The van der Waals surface area contributed by atoms with E-state index in [1.54, 1.807) is 13.8 Å². The Bertz CT molecular complexity index is 277. The highest BCUT2D eigenvalue weighted by Gasteiger charge is 2.41. The van der Waals surface area contributed by atoms with Gasteiger partial charge in [-0.05, 0) is 26.2 Å². The van der Waals surface area contributed by atoms with E-state index in [0.29, 0.717) is 25.7 Å². The molecule has 0 aliphatic rings. The lowest BCUT2D eigenvalue weighted by molar-refractivity contribution is -0.155. The van der Waals surface area contributed by atoms with Crippen LogP contribution >= 0.6 is 0 Å². The van der Waals surface area contributed by atoms with Crippen LogP contribution in [-0.4, -0.2) is 22.6 Å². The maximum absolute atomic E-state index is 11.9. The van der Waals surface area contributed by atoms with Crippen LogP contribution in [0.3, 0.4) is 0 Å². The first-order valence-corrected chi connectivity index (χ1v) is 5.66. The van der Waals surface area contributed by atoms with Crippen LogP contribution in [0.25, 0.3) is 0 Å². The monoisotopic (exact) mass is 228 g/mol. The summed E-state index contributed by atoms with van der Waals surface area (Å²) in [6.07, 6.45) is 1.57. The van der Waals surface area contributed by atoms with Gasteiger partial charge in [-0.3, -0.25) is 9.59 Å². The molecule has 0 spiro atoms. The van der Waals surface area contributed by atoms with Crippen molar-refractivity contribution >= 4 is 17.5 Å². The summed E-state index contributed by atoms with van der Waals surface area (Å²) in [6, 6.07) is 0. The summed E-state index contributed by atoms with van der Waals surface area (Å²) in [7, 11) is 0. The molecule has 0 radical (unpaired) electrons. The molecule has 4 heteroatoms. The van der Waals surface area contributed by atoms with Crippen molar-refractivity contribution in [2.75, 3.05) is 0 Å². The maximum Gasteiger partial charge on any atom is 0.317 e. The van der Waals surface area contributed by atoms with Crippen molar-refractivity contribution in [3.63, 3.8) is 0 Å². The van der Waals surface area contributed by atoms with E-state index < -0.39 is 11.4 Å². The molecule has 0 aliphatic heterocycles. The number of Topliss-reactive ketones (excluding diaryl/α,β-unsaturated/α-hetero) is 2.